The van der Waals surface area contributed by atoms with Crippen molar-refractivity contribution in [1.29, 1.82) is 0 Å². The van der Waals surface area contributed by atoms with Crippen molar-refractivity contribution in [2.24, 2.45) is 0 Å². The quantitative estimate of drug-likeness (QED) is 0.829. The summed E-state index contributed by atoms with van der Waals surface area (Å²) < 4.78 is 1.91. The first kappa shape index (κ1) is 12.8. The summed E-state index contributed by atoms with van der Waals surface area (Å²) in [7, 11) is 1.84. The Labute approximate surface area is 111 Å². The maximum Gasteiger partial charge on any atom is 0.227 e. The van der Waals surface area contributed by atoms with Crippen LogP contribution in [-0.4, -0.2) is 27.6 Å². The number of nitrogens with zero attached hydrogens (tertiary/aromatic N) is 3. The average molecular weight is 263 g/mol. The zero-order valence-corrected chi connectivity index (χ0v) is 11.5. The molecule has 0 saturated heterocycles. The Kier molecular flexibility index (Phi) is 4.15. The van der Waals surface area contributed by atoms with Crippen LogP contribution in [0.4, 0.5) is 0 Å². The van der Waals surface area contributed by atoms with Gasteiger partial charge >= 0.3 is 0 Å². The highest BCUT2D eigenvalue weighted by Crippen LogP contribution is 2.11. The van der Waals surface area contributed by atoms with Crippen molar-refractivity contribution >= 4 is 17.2 Å². The fourth-order valence-electron chi connectivity index (χ4n) is 1.81. The number of aryl methyl sites for hydroxylation is 1. The fourth-order valence-corrected chi connectivity index (χ4v) is 2.50. The zero-order valence-electron chi connectivity index (χ0n) is 10.7. The van der Waals surface area contributed by atoms with Crippen molar-refractivity contribution in [1.82, 2.24) is 14.7 Å². The van der Waals surface area contributed by atoms with Gasteiger partial charge in [-0.15, -0.1) is 11.3 Å². The van der Waals surface area contributed by atoms with Crippen molar-refractivity contribution in [3.63, 3.8) is 0 Å². The molecule has 1 amide bonds. The van der Waals surface area contributed by atoms with Gasteiger partial charge in [-0.25, -0.2) is 0 Å². The number of likely N-dealkylation sites (N-methyl/N-ethyl adjacent to an activating group) is 1. The highest BCUT2D eigenvalue weighted by Gasteiger charge is 2.12. The molecule has 0 N–H and O–H groups in total. The first-order chi connectivity index (χ1) is 8.70. The number of carbonyl (C=O) groups is 1. The van der Waals surface area contributed by atoms with Gasteiger partial charge in [0.15, 0.2) is 0 Å². The van der Waals surface area contributed by atoms with Gasteiger partial charge in [0.1, 0.15) is 0 Å². The standard InChI is InChI=1S/C13H17N3OS/c1-3-16-11(6-7-14-16)10-15(2)13(17)9-12-5-4-8-18-12/h4-8H,3,9-10H2,1-2H3. The summed E-state index contributed by atoms with van der Waals surface area (Å²) in [6.45, 7) is 3.48. The molecule has 0 aliphatic heterocycles. The number of hydrogen-bond donors (Lipinski definition) is 0. The molecular formula is C13H17N3OS. The zero-order chi connectivity index (χ0) is 13.0. The van der Waals surface area contributed by atoms with Crippen LogP contribution >= 0.6 is 11.3 Å². The van der Waals surface area contributed by atoms with Crippen LogP contribution in [0.5, 0.6) is 0 Å². The van der Waals surface area contributed by atoms with Crippen LogP contribution < -0.4 is 0 Å². The number of hydrogen-bond acceptors (Lipinski definition) is 3. The third-order valence-corrected chi connectivity index (χ3v) is 3.71. The van der Waals surface area contributed by atoms with Crippen LogP contribution in [0.1, 0.15) is 17.5 Å². The molecule has 0 unspecified atom stereocenters. The largest absolute Gasteiger partial charge is 0.340 e. The molecule has 5 heteroatoms. The Balaban J connectivity index is 1.95. The molecule has 0 atom stereocenters. The van der Waals surface area contributed by atoms with Crippen LogP contribution in [0, 0.1) is 0 Å². The molecule has 0 aliphatic rings. The summed E-state index contributed by atoms with van der Waals surface area (Å²) >= 11 is 1.62. The molecular weight excluding hydrogens is 246 g/mol. The van der Waals surface area contributed by atoms with Crippen LogP contribution in [-0.2, 0) is 24.3 Å². The van der Waals surface area contributed by atoms with Gasteiger partial charge in [0.2, 0.25) is 5.91 Å². The van der Waals surface area contributed by atoms with E-state index in [1.54, 1.807) is 22.4 Å². The maximum atomic E-state index is 12.0. The van der Waals surface area contributed by atoms with E-state index >= 15 is 0 Å². The lowest BCUT2D eigenvalue weighted by molar-refractivity contribution is -0.129. The minimum atomic E-state index is 0.140. The molecule has 2 heterocycles. The van der Waals surface area contributed by atoms with Gasteiger partial charge in [0, 0.05) is 24.7 Å². The summed E-state index contributed by atoms with van der Waals surface area (Å²) in [6, 6.07) is 5.92. The van der Waals surface area contributed by atoms with Gasteiger partial charge in [-0.1, -0.05) is 6.07 Å². The molecule has 2 aromatic heterocycles. The maximum absolute atomic E-state index is 12.0. The molecule has 0 aromatic carbocycles. The van der Waals surface area contributed by atoms with Gasteiger partial charge in [-0.3, -0.25) is 9.48 Å². The summed E-state index contributed by atoms with van der Waals surface area (Å²) in [5.74, 6) is 0.140. The summed E-state index contributed by atoms with van der Waals surface area (Å²) in [4.78, 5) is 14.9. The SMILES string of the molecule is CCn1nccc1CN(C)C(=O)Cc1cccs1. The lowest BCUT2D eigenvalue weighted by atomic mass is 10.3. The Hall–Kier alpha value is -1.62. The molecule has 2 aromatic rings. The minimum absolute atomic E-state index is 0.140. The number of thiophene rings is 1. The predicted molar refractivity (Wildman–Crippen MR) is 72.4 cm³/mol. The second kappa shape index (κ2) is 5.82. The molecule has 2 rings (SSSR count). The lowest BCUT2D eigenvalue weighted by Gasteiger charge is -2.17. The van der Waals surface area contributed by atoms with Gasteiger partial charge in [0.25, 0.3) is 0 Å². The van der Waals surface area contributed by atoms with Gasteiger partial charge in [-0.2, -0.15) is 5.10 Å². The number of aromatic nitrogens is 2. The second-order valence-electron chi connectivity index (χ2n) is 4.14. The minimum Gasteiger partial charge on any atom is -0.340 e. The van der Waals surface area contributed by atoms with E-state index in [-0.39, 0.29) is 5.91 Å². The van der Waals surface area contributed by atoms with Crippen LogP contribution in [0.15, 0.2) is 29.8 Å². The highest BCUT2D eigenvalue weighted by molar-refractivity contribution is 7.10. The van der Waals surface area contributed by atoms with Crippen molar-refractivity contribution in [3.8, 4) is 0 Å². The molecule has 0 fully saturated rings. The Bertz CT molecular complexity index is 504. The predicted octanol–water partition coefficient (Wildman–Crippen LogP) is 2.17. The monoisotopic (exact) mass is 263 g/mol. The van der Waals surface area contributed by atoms with Crippen molar-refractivity contribution in [2.75, 3.05) is 7.05 Å². The van der Waals surface area contributed by atoms with Crippen molar-refractivity contribution < 1.29 is 4.79 Å². The van der Waals surface area contributed by atoms with Gasteiger partial charge in [-0.05, 0) is 24.4 Å². The van der Waals surface area contributed by atoms with Gasteiger partial charge in [0.05, 0.1) is 18.7 Å². The van der Waals surface area contributed by atoms with E-state index in [0.29, 0.717) is 13.0 Å². The van der Waals surface area contributed by atoms with E-state index in [1.165, 1.54) is 0 Å². The highest BCUT2D eigenvalue weighted by atomic mass is 32.1. The van der Waals surface area contributed by atoms with E-state index in [0.717, 1.165) is 17.1 Å². The molecule has 0 saturated carbocycles. The van der Waals surface area contributed by atoms with Crippen LogP contribution in [0.25, 0.3) is 0 Å². The molecule has 0 bridgehead atoms. The Morgan fingerprint density at radius 2 is 2.33 bits per heavy atom. The van der Waals surface area contributed by atoms with E-state index in [1.807, 2.05) is 42.2 Å². The molecule has 18 heavy (non-hydrogen) atoms. The van der Waals surface area contributed by atoms with E-state index in [4.69, 9.17) is 0 Å². The van der Waals surface area contributed by atoms with Crippen molar-refractivity contribution in [2.45, 2.75) is 26.4 Å². The molecule has 0 radical (unpaired) electrons. The third-order valence-electron chi connectivity index (χ3n) is 2.83. The topological polar surface area (TPSA) is 38.1 Å². The average Bonchev–Trinajstić information content (AvgIpc) is 2.99. The number of amides is 1. The first-order valence-electron chi connectivity index (χ1n) is 5.97. The number of carbonyl (C=O) groups excluding carboxylic acids is 1. The Morgan fingerprint density at radius 1 is 1.50 bits per heavy atom. The second-order valence-corrected chi connectivity index (χ2v) is 5.18. The molecule has 0 spiro atoms. The van der Waals surface area contributed by atoms with Crippen LogP contribution in [0.3, 0.4) is 0 Å². The summed E-state index contributed by atoms with van der Waals surface area (Å²) in [6.07, 6.45) is 2.25. The number of rotatable bonds is 5. The molecule has 0 aliphatic carbocycles. The van der Waals surface area contributed by atoms with E-state index in [2.05, 4.69) is 5.10 Å². The van der Waals surface area contributed by atoms with E-state index in [9.17, 15) is 4.79 Å². The smallest absolute Gasteiger partial charge is 0.227 e. The van der Waals surface area contributed by atoms with Gasteiger partial charge < -0.3 is 4.90 Å². The van der Waals surface area contributed by atoms with E-state index < -0.39 is 0 Å². The first-order valence-corrected chi connectivity index (χ1v) is 6.85. The summed E-state index contributed by atoms with van der Waals surface area (Å²) in [5, 5.41) is 6.20. The third kappa shape index (κ3) is 2.98. The summed E-state index contributed by atoms with van der Waals surface area (Å²) in [5.41, 5.74) is 1.07. The molecule has 4 nitrogen and oxygen atoms in total. The Morgan fingerprint density at radius 3 is 3.00 bits per heavy atom. The van der Waals surface area contributed by atoms with Crippen LogP contribution in [0.2, 0.25) is 0 Å². The fraction of sp³-hybridized carbons (Fsp3) is 0.385. The lowest BCUT2D eigenvalue weighted by Crippen LogP contribution is -2.28. The molecule has 96 valence electrons. The normalized spacial score (nSPS) is 10.6. The van der Waals surface area contributed by atoms with Crippen molar-refractivity contribution in [3.05, 3.63) is 40.3 Å².